The van der Waals surface area contributed by atoms with Crippen molar-refractivity contribution in [2.45, 2.75) is 6.92 Å². The molecule has 0 saturated heterocycles. The number of aromatic nitrogens is 2. The Kier molecular flexibility index (Phi) is 3.77. The molecule has 23 heavy (non-hydrogen) atoms. The molecule has 0 aliphatic carbocycles. The van der Waals surface area contributed by atoms with Gasteiger partial charge in [0, 0.05) is 18.6 Å². The van der Waals surface area contributed by atoms with Crippen molar-refractivity contribution in [2.24, 2.45) is 7.05 Å². The monoisotopic (exact) mass is 334 g/mol. The van der Waals surface area contributed by atoms with Gasteiger partial charge in [-0.1, -0.05) is 11.6 Å². The number of fused-ring (bicyclic) bond motifs is 2. The van der Waals surface area contributed by atoms with Gasteiger partial charge in [-0.15, -0.1) is 0 Å². The Bertz CT molecular complexity index is 1010. The molecule has 0 fully saturated rings. The molecule has 0 amide bonds. The number of carbonyl (C=O) groups excluding carboxylic acids is 1. The summed E-state index contributed by atoms with van der Waals surface area (Å²) in [7, 11) is 1.66. The van der Waals surface area contributed by atoms with Crippen molar-refractivity contribution in [3.8, 4) is 0 Å². The second-order valence-electron chi connectivity index (χ2n) is 5.02. The van der Waals surface area contributed by atoms with Gasteiger partial charge in [0.15, 0.2) is 0 Å². The SMILES string of the molecule is CCOC(=O)c1cn(C)c2nc3cc(Cl)c(F)cc3cc2c1=O. The lowest BCUT2D eigenvalue weighted by molar-refractivity contribution is 0.0524. The number of rotatable bonds is 2. The third kappa shape index (κ3) is 2.55. The highest BCUT2D eigenvalue weighted by atomic mass is 35.5. The van der Waals surface area contributed by atoms with E-state index in [1.807, 2.05) is 0 Å². The number of hydrogen-bond acceptors (Lipinski definition) is 4. The number of ether oxygens (including phenoxy) is 1. The van der Waals surface area contributed by atoms with Crippen LogP contribution in [-0.2, 0) is 11.8 Å². The van der Waals surface area contributed by atoms with Crippen LogP contribution in [0.4, 0.5) is 4.39 Å². The normalized spacial score (nSPS) is 11.1. The van der Waals surface area contributed by atoms with E-state index >= 15 is 0 Å². The van der Waals surface area contributed by atoms with E-state index in [1.54, 1.807) is 18.5 Å². The standard InChI is InChI=1S/C16H12ClFN2O3/c1-3-23-16(22)10-7-20(2)15-9(14(10)21)4-8-5-12(18)11(17)6-13(8)19-15/h4-7H,3H2,1-2H3. The highest BCUT2D eigenvalue weighted by Crippen LogP contribution is 2.24. The highest BCUT2D eigenvalue weighted by Gasteiger charge is 2.17. The van der Waals surface area contributed by atoms with E-state index in [1.165, 1.54) is 24.4 Å². The van der Waals surface area contributed by atoms with Gasteiger partial charge in [0.1, 0.15) is 17.0 Å². The lowest BCUT2D eigenvalue weighted by atomic mass is 10.1. The van der Waals surface area contributed by atoms with Crippen molar-refractivity contribution in [1.82, 2.24) is 9.55 Å². The van der Waals surface area contributed by atoms with Crippen molar-refractivity contribution >= 4 is 39.5 Å². The molecule has 5 nitrogen and oxygen atoms in total. The molecular formula is C16H12ClFN2O3. The fraction of sp³-hybridized carbons (Fsp3) is 0.188. The fourth-order valence-corrected chi connectivity index (χ4v) is 2.57. The van der Waals surface area contributed by atoms with Gasteiger partial charge in [-0.05, 0) is 25.1 Å². The summed E-state index contributed by atoms with van der Waals surface area (Å²) in [5.74, 6) is -1.30. The molecule has 0 unspecified atom stereocenters. The van der Waals surface area contributed by atoms with Crippen molar-refractivity contribution in [3.63, 3.8) is 0 Å². The van der Waals surface area contributed by atoms with E-state index in [-0.39, 0.29) is 22.6 Å². The zero-order valence-electron chi connectivity index (χ0n) is 12.4. The molecule has 3 rings (SSSR count). The maximum atomic E-state index is 13.6. The zero-order valence-corrected chi connectivity index (χ0v) is 13.1. The number of aryl methyl sites for hydroxylation is 1. The first-order valence-electron chi connectivity index (χ1n) is 6.88. The minimum Gasteiger partial charge on any atom is -0.462 e. The molecule has 2 aromatic heterocycles. The van der Waals surface area contributed by atoms with Crippen molar-refractivity contribution < 1.29 is 13.9 Å². The number of benzene rings is 1. The number of carbonyl (C=O) groups is 1. The molecule has 3 aromatic rings. The van der Waals surface area contributed by atoms with E-state index in [9.17, 15) is 14.0 Å². The summed E-state index contributed by atoms with van der Waals surface area (Å²) in [6.45, 7) is 1.82. The average molecular weight is 335 g/mol. The number of pyridine rings is 2. The van der Waals surface area contributed by atoms with Gasteiger partial charge in [0.25, 0.3) is 0 Å². The number of hydrogen-bond donors (Lipinski definition) is 0. The van der Waals surface area contributed by atoms with Crippen molar-refractivity contribution in [3.05, 3.63) is 51.0 Å². The number of halogens is 2. The average Bonchev–Trinajstić information content (AvgIpc) is 2.51. The highest BCUT2D eigenvalue weighted by molar-refractivity contribution is 6.31. The van der Waals surface area contributed by atoms with Crippen LogP contribution < -0.4 is 5.43 Å². The summed E-state index contributed by atoms with van der Waals surface area (Å²) in [6.07, 6.45) is 1.38. The molecule has 0 N–H and O–H groups in total. The summed E-state index contributed by atoms with van der Waals surface area (Å²) in [5.41, 5.74) is 0.250. The summed E-state index contributed by atoms with van der Waals surface area (Å²) >= 11 is 5.77. The predicted octanol–water partition coefficient (Wildman–Crippen LogP) is 3.06. The molecule has 0 aliphatic rings. The molecule has 1 aromatic carbocycles. The van der Waals surface area contributed by atoms with E-state index in [0.29, 0.717) is 16.6 Å². The van der Waals surface area contributed by atoms with Crippen LogP contribution >= 0.6 is 11.6 Å². The third-order valence-electron chi connectivity index (χ3n) is 3.48. The maximum Gasteiger partial charge on any atom is 0.343 e. The Morgan fingerprint density at radius 3 is 2.83 bits per heavy atom. The second kappa shape index (κ2) is 5.62. The molecule has 0 bridgehead atoms. The number of esters is 1. The summed E-state index contributed by atoms with van der Waals surface area (Å²) in [6, 6.07) is 4.11. The first kappa shape index (κ1) is 15.4. The van der Waals surface area contributed by atoms with Gasteiger partial charge in [-0.2, -0.15) is 0 Å². The smallest absolute Gasteiger partial charge is 0.343 e. The molecular weight excluding hydrogens is 323 g/mol. The molecule has 2 heterocycles. The lowest BCUT2D eigenvalue weighted by Gasteiger charge is -2.09. The quantitative estimate of drug-likeness (QED) is 0.534. The van der Waals surface area contributed by atoms with Gasteiger partial charge < -0.3 is 9.30 Å². The minimum atomic E-state index is -0.697. The van der Waals surface area contributed by atoms with Crippen LogP contribution in [-0.4, -0.2) is 22.1 Å². The van der Waals surface area contributed by atoms with Crippen LogP contribution in [0.25, 0.3) is 21.9 Å². The zero-order chi connectivity index (χ0) is 16.7. The van der Waals surface area contributed by atoms with Gasteiger partial charge in [-0.3, -0.25) is 4.79 Å². The number of nitrogens with zero attached hydrogens (tertiary/aromatic N) is 2. The van der Waals surface area contributed by atoms with E-state index in [4.69, 9.17) is 16.3 Å². The summed E-state index contributed by atoms with van der Waals surface area (Å²) in [5, 5.41) is 0.599. The van der Waals surface area contributed by atoms with Gasteiger partial charge in [-0.25, -0.2) is 14.2 Å². The molecule has 0 saturated carbocycles. The van der Waals surface area contributed by atoms with Crippen LogP contribution in [0.2, 0.25) is 5.02 Å². The topological polar surface area (TPSA) is 61.2 Å². The van der Waals surface area contributed by atoms with Gasteiger partial charge in [0.05, 0.1) is 22.5 Å². The Hall–Kier alpha value is -2.47. The van der Waals surface area contributed by atoms with Crippen LogP contribution in [0, 0.1) is 5.82 Å². The Balaban J connectivity index is 2.37. The molecule has 0 spiro atoms. The molecule has 0 aliphatic heterocycles. The predicted molar refractivity (Wildman–Crippen MR) is 85.4 cm³/mol. The fourth-order valence-electron chi connectivity index (χ4n) is 2.41. The molecule has 0 atom stereocenters. The lowest BCUT2D eigenvalue weighted by Crippen LogP contribution is -2.20. The van der Waals surface area contributed by atoms with Crippen LogP contribution in [0.1, 0.15) is 17.3 Å². The van der Waals surface area contributed by atoms with Crippen molar-refractivity contribution in [2.75, 3.05) is 6.61 Å². The first-order chi connectivity index (χ1) is 10.9. The maximum absolute atomic E-state index is 13.6. The van der Waals surface area contributed by atoms with Crippen LogP contribution in [0.5, 0.6) is 0 Å². The Morgan fingerprint density at radius 2 is 2.13 bits per heavy atom. The largest absolute Gasteiger partial charge is 0.462 e. The third-order valence-corrected chi connectivity index (χ3v) is 3.77. The minimum absolute atomic E-state index is 0.0440. The van der Waals surface area contributed by atoms with Gasteiger partial charge >= 0.3 is 5.97 Å². The second-order valence-corrected chi connectivity index (χ2v) is 5.43. The first-order valence-corrected chi connectivity index (χ1v) is 7.26. The molecule has 118 valence electrons. The molecule has 7 heteroatoms. The van der Waals surface area contributed by atoms with Crippen molar-refractivity contribution in [1.29, 1.82) is 0 Å². The van der Waals surface area contributed by atoms with E-state index in [0.717, 1.165) is 0 Å². The van der Waals surface area contributed by atoms with Crippen LogP contribution in [0.15, 0.2) is 29.2 Å². The van der Waals surface area contributed by atoms with Gasteiger partial charge in [0.2, 0.25) is 5.43 Å². The van der Waals surface area contributed by atoms with E-state index in [2.05, 4.69) is 4.98 Å². The molecule has 0 radical (unpaired) electrons. The summed E-state index contributed by atoms with van der Waals surface area (Å²) in [4.78, 5) is 28.8. The van der Waals surface area contributed by atoms with Crippen LogP contribution in [0.3, 0.4) is 0 Å². The summed E-state index contributed by atoms with van der Waals surface area (Å²) < 4.78 is 20.1. The van der Waals surface area contributed by atoms with E-state index < -0.39 is 17.2 Å². The Morgan fingerprint density at radius 1 is 1.39 bits per heavy atom. The Labute approximate surface area is 135 Å².